The molecule has 0 radical (unpaired) electrons. The molecule has 1 aromatic carbocycles. The molecule has 4 N–H and O–H groups in total. The van der Waals surface area contributed by atoms with Gasteiger partial charge in [0, 0.05) is 35.6 Å². The third-order valence-electron chi connectivity index (χ3n) is 3.43. The van der Waals surface area contributed by atoms with Gasteiger partial charge in [-0.3, -0.25) is 5.32 Å². The number of thioether (sulfide) groups is 1. The van der Waals surface area contributed by atoms with E-state index in [1.165, 1.54) is 23.1 Å². The number of hydrogen-bond acceptors (Lipinski definition) is 8. The average Bonchev–Trinajstić information content (AvgIpc) is 3.19. The van der Waals surface area contributed by atoms with Gasteiger partial charge in [-0.05, 0) is 30.5 Å². The van der Waals surface area contributed by atoms with E-state index in [1.807, 2.05) is 18.4 Å². The Morgan fingerprint density at radius 2 is 2.04 bits per heavy atom. The molecule has 3 rings (SSSR count). The van der Waals surface area contributed by atoms with E-state index in [2.05, 4.69) is 30.9 Å². The summed E-state index contributed by atoms with van der Waals surface area (Å²) in [5.74, 6) is 1.25. The van der Waals surface area contributed by atoms with Gasteiger partial charge in [-0.1, -0.05) is 0 Å². The third kappa shape index (κ3) is 5.16. The van der Waals surface area contributed by atoms with Crippen LogP contribution in [0.2, 0.25) is 0 Å². The molecule has 0 saturated carbocycles. The van der Waals surface area contributed by atoms with Crippen molar-refractivity contribution in [2.45, 2.75) is 4.90 Å². The molecule has 0 fully saturated rings. The molecule has 8 nitrogen and oxygen atoms in total. The predicted molar refractivity (Wildman–Crippen MR) is 110 cm³/mol. The van der Waals surface area contributed by atoms with Gasteiger partial charge in [0.1, 0.15) is 5.82 Å². The molecule has 2 aromatic heterocycles. The van der Waals surface area contributed by atoms with E-state index in [0.717, 1.165) is 10.5 Å². The van der Waals surface area contributed by atoms with Gasteiger partial charge >= 0.3 is 6.03 Å². The van der Waals surface area contributed by atoms with Gasteiger partial charge in [-0.25, -0.2) is 19.7 Å². The zero-order chi connectivity index (χ0) is 19.1. The second-order valence-electron chi connectivity index (χ2n) is 5.25. The van der Waals surface area contributed by atoms with Crippen molar-refractivity contribution in [2.75, 3.05) is 35.4 Å². The van der Waals surface area contributed by atoms with Gasteiger partial charge in [0.25, 0.3) is 0 Å². The molecule has 2 heterocycles. The van der Waals surface area contributed by atoms with E-state index in [0.29, 0.717) is 29.0 Å². The number of amides is 2. The zero-order valence-electron chi connectivity index (χ0n) is 14.5. The minimum absolute atomic E-state index is 0.0244. The van der Waals surface area contributed by atoms with Gasteiger partial charge < -0.3 is 15.7 Å². The summed E-state index contributed by atoms with van der Waals surface area (Å²) in [6.45, 7) is 0.442. The van der Waals surface area contributed by atoms with E-state index < -0.39 is 0 Å². The molecule has 0 saturated heterocycles. The van der Waals surface area contributed by atoms with Gasteiger partial charge in [-0.2, -0.15) is 0 Å². The molecular weight excluding hydrogens is 384 g/mol. The molecule has 27 heavy (non-hydrogen) atoms. The monoisotopic (exact) mass is 402 g/mol. The van der Waals surface area contributed by atoms with Crippen molar-refractivity contribution in [1.29, 1.82) is 0 Å². The van der Waals surface area contributed by atoms with E-state index in [4.69, 9.17) is 5.11 Å². The summed E-state index contributed by atoms with van der Waals surface area (Å²) in [7, 11) is 0. The van der Waals surface area contributed by atoms with E-state index in [1.54, 1.807) is 29.9 Å². The van der Waals surface area contributed by atoms with E-state index >= 15 is 0 Å². The first-order valence-electron chi connectivity index (χ1n) is 8.03. The fourth-order valence-electron chi connectivity index (χ4n) is 2.21. The number of nitrogens with one attached hydrogen (secondary N) is 3. The fraction of sp³-hybridized carbons (Fsp3) is 0.176. The molecule has 10 heteroatoms. The number of aliphatic hydroxyl groups is 1. The highest BCUT2D eigenvalue weighted by Gasteiger charge is 2.09. The Morgan fingerprint density at radius 1 is 1.22 bits per heavy atom. The first-order valence-corrected chi connectivity index (χ1v) is 10.1. The minimum Gasteiger partial charge on any atom is -0.395 e. The van der Waals surface area contributed by atoms with Crippen LogP contribution in [0.25, 0.3) is 11.4 Å². The maximum absolute atomic E-state index is 11.9. The maximum Gasteiger partial charge on any atom is 0.325 e. The number of anilines is 3. The molecule has 0 aliphatic carbocycles. The highest BCUT2D eigenvalue weighted by Crippen LogP contribution is 2.26. The number of urea groups is 1. The lowest BCUT2D eigenvalue weighted by atomic mass is 10.2. The Balaban J connectivity index is 1.70. The van der Waals surface area contributed by atoms with Crippen LogP contribution in [0.4, 0.5) is 21.4 Å². The van der Waals surface area contributed by atoms with Crippen LogP contribution in [-0.4, -0.2) is 45.5 Å². The topological polar surface area (TPSA) is 112 Å². The van der Waals surface area contributed by atoms with Crippen LogP contribution < -0.4 is 16.0 Å². The van der Waals surface area contributed by atoms with Crippen LogP contribution in [0.1, 0.15) is 0 Å². The van der Waals surface area contributed by atoms with Gasteiger partial charge in [-0.15, -0.1) is 23.1 Å². The van der Waals surface area contributed by atoms with Crippen LogP contribution in [0.3, 0.4) is 0 Å². The molecule has 0 spiro atoms. The first kappa shape index (κ1) is 19.1. The lowest BCUT2D eigenvalue weighted by Gasteiger charge is -2.10. The highest BCUT2D eigenvalue weighted by atomic mass is 32.2. The molecule has 0 atom stereocenters. The lowest BCUT2D eigenvalue weighted by Crippen LogP contribution is -2.19. The van der Waals surface area contributed by atoms with Crippen molar-refractivity contribution in [3.63, 3.8) is 0 Å². The number of thiazole rings is 1. The SMILES string of the molecule is CSc1cnc(-c2ccc(NC(=O)Nc3nccs3)cc2)nc1NCCO. The zero-order valence-corrected chi connectivity index (χ0v) is 16.1. The summed E-state index contributed by atoms with van der Waals surface area (Å²) in [6, 6.07) is 6.88. The first-order chi connectivity index (χ1) is 13.2. The summed E-state index contributed by atoms with van der Waals surface area (Å²) >= 11 is 2.88. The largest absolute Gasteiger partial charge is 0.395 e. The number of aliphatic hydroxyl groups excluding tert-OH is 1. The molecule has 140 valence electrons. The number of carbonyl (C=O) groups is 1. The van der Waals surface area contributed by atoms with Crippen molar-refractivity contribution in [3.8, 4) is 11.4 Å². The Labute approximate surface area is 164 Å². The van der Waals surface area contributed by atoms with Crippen molar-refractivity contribution >= 4 is 45.8 Å². The van der Waals surface area contributed by atoms with Crippen LogP contribution >= 0.6 is 23.1 Å². The van der Waals surface area contributed by atoms with Crippen LogP contribution in [0, 0.1) is 0 Å². The lowest BCUT2D eigenvalue weighted by molar-refractivity contribution is 0.262. The maximum atomic E-state index is 11.9. The van der Waals surface area contributed by atoms with Crippen molar-refractivity contribution in [3.05, 3.63) is 42.0 Å². The normalized spacial score (nSPS) is 10.4. The number of carbonyl (C=O) groups excluding carboxylic acids is 1. The number of hydrogen-bond donors (Lipinski definition) is 4. The standard InChI is InChI=1S/C17H18N6O2S2/c1-26-13-10-20-14(22-15(13)18-6-8-24)11-2-4-12(5-3-11)21-16(25)23-17-19-7-9-27-17/h2-5,7,9-10,24H,6,8H2,1H3,(H,18,20,22)(H2,19,21,23,25). The molecule has 0 bridgehead atoms. The number of aromatic nitrogens is 3. The molecule has 0 aliphatic rings. The predicted octanol–water partition coefficient (Wildman–Crippen LogP) is 3.37. The van der Waals surface area contributed by atoms with Gasteiger partial charge in [0.2, 0.25) is 0 Å². The Bertz CT molecular complexity index is 887. The summed E-state index contributed by atoms with van der Waals surface area (Å²) in [5.41, 5.74) is 1.47. The van der Waals surface area contributed by atoms with Crippen LogP contribution in [0.15, 0.2) is 46.9 Å². The van der Waals surface area contributed by atoms with Crippen LogP contribution in [0.5, 0.6) is 0 Å². The third-order valence-corrected chi connectivity index (χ3v) is 4.86. The van der Waals surface area contributed by atoms with Crippen molar-refractivity contribution in [2.24, 2.45) is 0 Å². The highest BCUT2D eigenvalue weighted by molar-refractivity contribution is 7.98. The molecule has 2 amide bonds. The number of rotatable bonds is 7. The Hall–Kier alpha value is -2.69. The summed E-state index contributed by atoms with van der Waals surface area (Å²) < 4.78 is 0. The second kappa shape index (κ2) is 9.31. The van der Waals surface area contributed by atoms with E-state index in [9.17, 15) is 4.79 Å². The number of benzene rings is 1. The van der Waals surface area contributed by atoms with E-state index in [-0.39, 0.29) is 12.6 Å². The summed E-state index contributed by atoms with van der Waals surface area (Å²) in [5, 5.41) is 19.8. The van der Waals surface area contributed by atoms with Crippen molar-refractivity contribution in [1.82, 2.24) is 15.0 Å². The molecular formula is C17H18N6O2S2. The van der Waals surface area contributed by atoms with Gasteiger partial charge in [0.05, 0.1) is 11.5 Å². The van der Waals surface area contributed by atoms with Crippen LogP contribution in [-0.2, 0) is 0 Å². The molecule has 3 aromatic rings. The molecule has 0 aliphatic heterocycles. The summed E-state index contributed by atoms with van der Waals surface area (Å²) in [6.07, 6.45) is 5.32. The second-order valence-corrected chi connectivity index (χ2v) is 7.00. The Kier molecular flexibility index (Phi) is 6.58. The van der Waals surface area contributed by atoms with Gasteiger partial charge in [0.15, 0.2) is 11.0 Å². The van der Waals surface area contributed by atoms with Crippen molar-refractivity contribution < 1.29 is 9.90 Å². The quantitative estimate of drug-likeness (QED) is 0.448. The average molecular weight is 403 g/mol. The smallest absolute Gasteiger partial charge is 0.325 e. The fourth-order valence-corrected chi connectivity index (χ4v) is 3.20. The summed E-state index contributed by atoms with van der Waals surface area (Å²) in [4.78, 5) is 25.8. The number of nitrogens with zero attached hydrogens (tertiary/aromatic N) is 3. The molecule has 0 unspecified atom stereocenters. The Morgan fingerprint density at radius 3 is 2.70 bits per heavy atom. The minimum atomic E-state index is -0.353.